The van der Waals surface area contributed by atoms with E-state index in [4.69, 9.17) is 4.74 Å². The lowest BCUT2D eigenvalue weighted by Gasteiger charge is -2.43. The van der Waals surface area contributed by atoms with Crippen LogP contribution in [0, 0.1) is 22.7 Å². The molecule has 0 aromatic heterocycles. The van der Waals surface area contributed by atoms with Crippen LogP contribution in [0.15, 0.2) is 23.3 Å². The molecule has 0 spiro atoms. The maximum absolute atomic E-state index is 12.4. The molecule has 3 nitrogen and oxygen atoms in total. The molecule has 5 atom stereocenters. The van der Waals surface area contributed by atoms with Gasteiger partial charge in [-0.1, -0.05) is 45.4 Å². The third-order valence-corrected chi connectivity index (χ3v) is 7.10. The topological polar surface area (TPSA) is 46.5 Å². The smallest absolute Gasteiger partial charge is 0.333 e. The van der Waals surface area contributed by atoms with E-state index in [2.05, 4.69) is 34.6 Å². The molecule has 3 heteroatoms. The minimum absolute atomic E-state index is 0.0585. The van der Waals surface area contributed by atoms with Crippen molar-refractivity contribution in [2.45, 2.75) is 79.9 Å². The predicted octanol–water partition coefficient (Wildman–Crippen LogP) is 4.65. The van der Waals surface area contributed by atoms with E-state index in [1.165, 1.54) is 5.57 Å². The zero-order chi connectivity index (χ0) is 18.3. The van der Waals surface area contributed by atoms with E-state index in [-0.39, 0.29) is 17.5 Å². The molecule has 0 aromatic carbocycles. The molecule has 0 aromatic rings. The number of carbonyl (C=O) groups excluding carboxylic acids is 1. The monoisotopic (exact) mass is 334 g/mol. The first kappa shape index (κ1) is 19.2. The summed E-state index contributed by atoms with van der Waals surface area (Å²) >= 11 is 0. The van der Waals surface area contributed by atoms with Crippen LogP contribution in [0.25, 0.3) is 0 Å². The fraction of sp³-hybridized carbons (Fsp3) is 0.762. The summed E-state index contributed by atoms with van der Waals surface area (Å²) in [6.07, 6.45) is 5.80. The molecule has 0 aliphatic heterocycles. The number of aliphatic hydroxyl groups is 1. The number of rotatable bonds is 3. The molecule has 2 rings (SSSR count). The Hall–Kier alpha value is -1.09. The second kappa shape index (κ2) is 6.67. The van der Waals surface area contributed by atoms with Gasteiger partial charge in [0.25, 0.3) is 0 Å². The van der Waals surface area contributed by atoms with Gasteiger partial charge >= 0.3 is 5.97 Å². The lowest BCUT2D eigenvalue weighted by Crippen LogP contribution is -2.46. The van der Waals surface area contributed by atoms with Crippen molar-refractivity contribution in [2.24, 2.45) is 22.7 Å². The third kappa shape index (κ3) is 2.96. The summed E-state index contributed by atoms with van der Waals surface area (Å²) in [7, 11) is 0. The van der Waals surface area contributed by atoms with Gasteiger partial charge in [0, 0.05) is 11.0 Å². The molecular formula is C21H34O3. The molecule has 2 aliphatic carbocycles. The first-order chi connectivity index (χ1) is 11.1. The number of fused-ring (bicyclic) bond motifs is 1. The molecule has 0 bridgehead atoms. The molecule has 24 heavy (non-hydrogen) atoms. The van der Waals surface area contributed by atoms with Crippen molar-refractivity contribution >= 4 is 5.97 Å². The summed E-state index contributed by atoms with van der Waals surface area (Å²) in [6, 6.07) is 0. The fourth-order valence-corrected chi connectivity index (χ4v) is 4.78. The number of ether oxygens (including phenoxy) is 1. The molecule has 0 saturated heterocycles. The van der Waals surface area contributed by atoms with Gasteiger partial charge in [0.2, 0.25) is 0 Å². The van der Waals surface area contributed by atoms with Crippen LogP contribution < -0.4 is 0 Å². The van der Waals surface area contributed by atoms with Crippen LogP contribution in [-0.4, -0.2) is 23.3 Å². The van der Waals surface area contributed by atoms with Crippen molar-refractivity contribution in [2.75, 3.05) is 0 Å². The van der Waals surface area contributed by atoms with E-state index in [1.807, 2.05) is 13.0 Å². The quantitative estimate of drug-likeness (QED) is 0.464. The van der Waals surface area contributed by atoms with Crippen molar-refractivity contribution in [3.63, 3.8) is 0 Å². The maximum Gasteiger partial charge on any atom is 0.333 e. The van der Waals surface area contributed by atoms with E-state index < -0.39 is 11.5 Å². The molecule has 1 fully saturated rings. The van der Waals surface area contributed by atoms with Gasteiger partial charge in [-0.15, -0.1) is 0 Å². The molecule has 0 unspecified atom stereocenters. The van der Waals surface area contributed by atoms with Crippen LogP contribution >= 0.6 is 0 Å². The lowest BCUT2D eigenvalue weighted by atomic mass is 9.62. The average molecular weight is 334 g/mol. The Kier molecular flexibility index (Phi) is 5.34. The molecule has 1 saturated carbocycles. The Bertz CT molecular complexity index is 559. The highest BCUT2D eigenvalue weighted by atomic mass is 16.5. The van der Waals surface area contributed by atoms with Crippen molar-refractivity contribution in [3.8, 4) is 0 Å². The Labute approximate surface area is 147 Å². The normalized spacial score (nSPS) is 40.1. The molecule has 136 valence electrons. The van der Waals surface area contributed by atoms with Crippen LogP contribution in [-0.2, 0) is 9.53 Å². The van der Waals surface area contributed by atoms with Crippen molar-refractivity contribution in [3.05, 3.63) is 23.3 Å². The van der Waals surface area contributed by atoms with E-state index in [0.717, 1.165) is 19.3 Å². The second-order valence-electron chi connectivity index (χ2n) is 8.65. The maximum atomic E-state index is 12.4. The summed E-state index contributed by atoms with van der Waals surface area (Å²) in [5.74, 6) is 0.545. The zero-order valence-electron chi connectivity index (χ0n) is 16.3. The SMILES string of the molecule is C/C=C(/C)C(=O)O[C@@H]1C[C@@](C)(C(C)C)[C@@H]2CCC(C)=C[C@@H](O)[C@]21C. The summed E-state index contributed by atoms with van der Waals surface area (Å²) in [6.45, 7) is 14.6. The Morgan fingerprint density at radius 3 is 2.58 bits per heavy atom. The van der Waals surface area contributed by atoms with Crippen LogP contribution in [0.5, 0.6) is 0 Å². The molecule has 2 aliphatic rings. The zero-order valence-corrected chi connectivity index (χ0v) is 16.3. The first-order valence-electron chi connectivity index (χ1n) is 9.26. The standard InChI is InChI=1S/C21H34O3/c1-8-15(5)19(23)24-18-12-20(6,13(2)3)16-10-9-14(4)11-17(22)21(16,18)7/h8,11,13,16-18,22H,9-10,12H2,1-7H3/b15-8-/t16-,17+,18+,20-,21-/m0/s1. The van der Waals surface area contributed by atoms with Crippen LogP contribution in [0.2, 0.25) is 0 Å². The Morgan fingerprint density at radius 1 is 1.42 bits per heavy atom. The van der Waals surface area contributed by atoms with Gasteiger partial charge in [0.1, 0.15) is 6.10 Å². The Balaban J connectivity index is 2.45. The van der Waals surface area contributed by atoms with Crippen molar-refractivity contribution < 1.29 is 14.6 Å². The van der Waals surface area contributed by atoms with Gasteiger partial charge in [0.05, 0.1) is 6.10 Å². The summed E-state index contributed by atoms with van der Waals surface area (Å²) < 4.78 is 5.95. The van der Waals surface area contributed by atoms with Crippen molar-refractivity contribution in [1.29, 1.82) is 0 Å². The van der Waals surface area contributed by atoms with Gasteiger partial charge in [-0.05, 0) is 57.3 Å². The highest BCUT2D eigenvalue weighted by Crippen LogP contribution is 2.62. The van der Waals surface area contributed by atoms with Crippen LogP contribution in [0.4, 0.5) is 0 Å². The number of hydrogen-bond donors (Lipinski definition) is 1. The largest absolute Gasteiger partial charge is 0.458 e. The predicted molar refractivity (Wildman–Crippen MR) is 97.5 cm³/mol. The molecular weight excluding hydrogens is 300 g/mol. The summed E-state index contributed by atoms with van der Waals surface area (Å²) in [4.78, 5) is 12.4. The number of esters is 1. The minimum Gasteiger partial charge on any atom is -0.458 e. The number of allylic oxidation sites excluding steroid dienone is 2. The third-order valence-electron chi connectivity index (χ3n) is 7.10. The second-order valence-corrected chi connectivity index (χ2v) is 8.65. The number of hydrogen-bond acceptors (Lipinski definition) is 3. The Morgan fingerprint density at radius 2 is 2.04 bits per heavy atom. The molecule has 0 radical (unpaired) electrons. The van der Waals surface area contributed by atoms with Gasteiger partial charge in [0.15, 0.2) is 0 Å². The summed E-state index contributed by atoms with van der Waals surface area (Å²) in [5, 5.41) is 11.0. The van der Waals surface area contributed by atoms with Crippen LogP contribution in [0.1, 0.15) is 67.7 Å². The van der Waals surface area contributed by atoms with E-state index in [9.17, 15) is 9.90 Å². The minimum atomic E-state index is -0.575. The van der Waals surface area contributed by atoms with Gasteiger partial charge in [-0.3, -0.25) is 0 Å². The number of carbonyl (C=O) groups is 1. The van der Waals surface area contributed by atoms with E-state index in [0.29, 0.717) is 17.4 Å². The highest BCUT2D eigenvalue weighted by molar-refractivity contribution is 5.87. The summed E-state index contributed by atoms with van der Waals surface area (Å²) in [5.41, 5.74) is 1.49. The first-order valence-corrected chi connectivity index (χ1v) is 9.26. The molecule has 0 amide bonds. The average Bonchev–Trinajstić information content (AvgIpc) is 2.65. The van der Waals surface area contributed by atoms with E-state index in [1.54, 1.807) is 13.0 Å². The van der Waals surface area contributed by atoms with Crippen LogP contribution in [0.3, 0.4) is 0 Å². The van der Waals surface area contributed by atoms with Gasteiger partial charge < -0.3 is 9.84 Å². The van der Waals surface area contributed by atoms with Gasteiger partial charge in [-0.25, -0.2) is 4.79 Å². The highest BCUT2D eigenvalue weighted by Gasteiger charge is 2.62. The lowest BCUT2D eigenvalue weighted by molar-refractivity contribution is -0.154. The number of aliphatic hydroxyl groups excluding tert-OH is 1. The van der Waals surface area contributed by atoms with Crippen molar-refractivity contribution in [1.82, 2.24) is 0 Å². The molecule has 0 heterocycles. The molecule has 1 N–H and O–H groups in total. The fourth-order valence-electron chi connectivity index (χ4n) is 4.78. The van der Waals surface area contributed by atoms with E-state index >= 15 is 0 Å². The van der Waals surface area contributed by atoms with Gasteiger partial charge in [-0.2, -0.15) is 0 Å².